The van der Waals surface area contributed by atoms with Crippen LogP contribution in [0.2, 0.25) is 0 Å². The largest absolute Gasteiger partial charge is 0.359 e. The molecule has 0 aliphatic carbocycles. The van der Waals surface area contributed by atoms with E-state index in [1.165, 1.54) is 24.3 Å². The maximum Gasteiger partial charge on any atom is 0.269 e. The smallest absolute Gasteiger partial charge is 0.269 e. The summed E-state index contributed by atoms with van der Waals surface area (Å²) in [5.41, 5.74) is 7.32. The van der Waals surface area contributed by atoms with Gasteiger partial charge in [0.2, 0.25) is 0 Å². The number of hydrogen-bond donors (Lipinski definition) is 4. The normalized spacial score (nSPS) is 11.0. The van der Waals surface area contributed by atoms with Crippen LogP contribution in [0.5, 0.6) is 0 Å². The van der Waals surface area contributed by atoms with Crippen molar-refractivity contribution in [1.82, 2.24) is 16.2 Å². The highest BCUT2D eigenvalue weighted by Gasteiger charge is 2.17. The van der Waals surface area contributed by atoms with Crippen LogP contribution in [0, 0.1) is 13.8 Å². The zero-order valence-electron chi connectivity index (χ0n) is 16.2. The van der Waals surface area contributed by atoms with E-state index in [2.05, 4.69) is 20.9 Å². The third kappa shape index (κ3) is 5.93. The first-order valence-electron chi connectivity index (χ1n) is 8.65. The van der Waals surface area contributed by atoms with Crippen molar-refractivity contribution in [2.75, 3.05) is 4.72 Å². The summed E-state index contributed by atoms with van der Waals surface area (Å²) in [6, 6.07) is 11.5. The summed E-state index contributed by atoms with van der Waals surface area (Å²) in [5.74, 6) is -0.392. The Morgan fingerprint density at radius 3 is 2.25 bits per heavy atom. The molecule has 0 fully saturated rings. The Balaban J connectivity index is 2.05. The molecule has 2 aromatic carbocycles. The number of benzene rings is 2. The number of thiocarbonyl (C=S) groups is 1. The number of nitrogens with one attached hydrogen (secondary N) is 4. The first-order valence-corrected chi connectivity index (χ1v) is 10.5. The fraction of sp³-hybridized carbons (Fsp3) is 0.263. The summed E-state index contributed by atoms with van der Waals surface area (Å²) in [6.07, 6.45) is 0. The molecule has 0 aliphatic heterocycles. The molecule has 9 heteroatoms. The molecule has 0 atom stereocenters. The topological polar surface area (TPSA) is 99.3 Å². The maximum atomic E-state index is 12.6. The summed E-state index contributed by atoms with van der Waals surface area (Å²) < 4.78 is 27.8. The minimum absolute atomic E-state index is 0.140. The van der Waals surface area contributed by atoms with E-state index in [0.717, 1.165) is 5.56 Å². The van der Waals surface area contributed by atoms with Gasteiger partial charge in [-0.1, -0.05) is 12.1 Å². The maximum absolute atomic E-state index is 12.6. The van der Waals surface area contributed by atoms with Gasteiger partial charge in [-0.2, -0.15) is 0 Å². The van der Waals surface area contributed by atoms with Crippen LogP contribution in [-0.4, -0.2) is 25.5 Å². The van der Waals surface area contributed by atoms with Crippen molar-refractivity contribution in [3.05, 3.63) is 59.2 Å². The number of carbonyl (C=O) groups excluding carboxylic acids is 1. The molecule has 7 nitrogen and oxygen atoms in total. The van der Waals surface area contributed by atoms with Gasteiger partial charge < -0.3 is 5.32 Å². The third-order valence-electron chi connectivity index (χ3n) is 3.74. The van der Waals surface area contributed by atoms with E-state index in [-0.39, 0.29) is 10.9 Å². The molecular formula is C19H24N4O3S2. The summed E-state index contributed by atoms with van der Waals surface area (Å²) in [6.45, 7) is 7.43. The molecule has 0 radical (unpaired) electrons. The van der Waals surface area contributed by atoms with E-state index in [0.29, 0.717) is 21.9 Å². The molecule has 0 aromatic heterocycles. The van der Waals surface area contributed by atoms with E-state index in [1.54, 1.807) is 19.1 Å². The summed E-state index contributed by atoms with van der Waals surface area (Å²) in [4.78, 5) is 12.4. The lowest BCUT2D eigenvalue weighted by Crippen LogP contribution is -2.48. The molecule has 4 N–H and O–H groups in total. The van der Waals surface area contributed by atoms with Crippen LogP contribution in [0.1, 0.15) is 35.3 Å². The molecular weight excluding hydrogens is 396 g/mol. The van der Waals surface area contributed by atoms with Gasteiger partial charge >= 0.3 is 0 Å². The molecule has 0 unspecified atom stereocenters. The van der Waals surface area contributed by atoms with E-state index in [1.807, 2.05) is 26.8 Å². The molecule has 1 amide bonds. The second kappa shape index (κ2) is 9.03. The fourth-order valence-electron chi connectivity index (χ4n) is 2.38. The average molecular weight is 421 g/mol. The minimum atomic E-state index is -3.72. The van der Waals surface area contributed by atoms with E-state index in [9.17, 15) is 13.2 Å². The van der Waals surface area contributed by atoms with Crippen LogP contribution in [0.4, 0.5) is 5.69 Å². The van der Waals surface area contributed by atoms with Gasteiger partial charge in [0, 0.05) is 17.3 Å². The van der Waals surface area contributed by atoms with Gasteiger partial charge in [0.25, 0.3) is 15.9 Å². The third-order valence-corrected chi connectivity index (χ3v) is 5.49. The molecule has 28 heavy (non-hydrogen) atoms. The molecule has 0 spiro atoms. The van der Waals surface area contributed by atoms with Crippen molar-refractivity contribution < 1.29 is 13.2 Å². The lowest BCUT2D eigenvalue weighted by atomic mass is 10.2. The Hall–Kier alpha value is -2.65. The zero-order valence-corrected chi connectivity index (χ0v) is 17.8. The fourth-order valence-corrected chi connectivity index (χ4v) is 4.06. The number of rotatable bonds is 5. The number of anilines is 1. The van der Waals surface area contributed by atoms with Crippen molar-refractivity contribution in [2.45, 2.75) is 38.6 Å². The van der Waals surface area contributed by atoms with E-state index < -0.39 is 15.9 Å². The van der Waals surface area contributed by atoms with Crippen LogP contribution in [0.3, 0.4) is 0 Å². The molecule has 2 aromatic rings. The number of hydrazine groups is 1. The van der Waals surface area contributed by atoms with E-state index in [4.69, 9.17) is 12.2 Å². The van der Waals surface area contributed by atoms with Crippen LogP contribution >= 0.6 is 12.2 Å². The van der Waals surface area contributed by atoms with Gasteiger partial charge in [-0.25, -0.2) is 8.42 Å². The van der Waals surface area contributed by atoms with Gasteiger partial charge in [0.1, 0.15) is 0 Å². The highest BCUT2D eigenvalue weighted by Crippen LogP contribution is 2.21. The first-order chi connectivity index (χ1) is 13.1. The molecule has 2 rings (SSSR count). The van der Waals surface area contributed by atoms with E-state index >= 15 is 0 Å². The predicted octanol–water partition coefficient (Wildman–Crippen LogP) is 2.62. The van der Waals surface area contributed by atoms with Gasteiger partial charge in [-0.3, -0.25) is 20.4 Å². The van der Waals surface area contributed by atoms with Gasteiger partial charge in [-0.15, -0.1) is 0 Å². The number of amides is 1. The highest BCUT2D eigenvalue weighted by atomic mass is 32.2. The van der Waals surface area contributed by atoms with Gasteiger partial charge in [0.15, 0.2) is 5.11 Å². The lowest BCUT2D eigenvalue weighted by molar-refractivity contribution is 0.0943. The standard InChI is InChI=1S/C19H24N4O3S2/c1-12(2)20-19(27)22-21-18(24)15-7-9-16(10-8-15)23-28(25,26)17-11-13(3)5-6-14(17)4/h5-12,23H,1-4H3,(H,21,24)(H2,20,22,27). The predicted molar refractivity (Wildman–Crippen MR) is 115 cm³/mol. The lowest BCUT2D eigenvalue weighted by Gasteiger charge is -2.14. The number of carbonyl (C=O) groups is 1. The number of aryl methyl sites for hydroxylation is 2. The molecule has 0 aliphatic rings. The van der Waals surface area contributed by atoms with Gasteiger partial charge in [0.05, 0.1) is 4.90 Å². The van der Waals surface area contributed by atoms with Crippen molar-refractivity contribution >= 4 is 38.9 Å². The SMILES string of the molecule is Cc1ccc(C)c(S(=O)(=O)Nc2ccc(C(=O)NNC(=S)NC(C)C)cc2)c1. The number of hydrogen-bond acceptors (Lipinski definition) is 4. The van der Waals surface area contributed by atoms with Crippen LogP contribution in [0.15, 0.2) is 47.4 Å². The highest BCUT2D eigenvalue weighted by molar-refractivity contribution is 7.92. The van der Waals surface area contributed by atoms with Crippen molar-refractivity contribution in [1.29, 1.82) is 0 Å². The molecule has 0 saturated carbocycles. The Morgan fingerprint density at radius 2 is 1.64 bits per heavy atom. The van der Waals surface area contributed by atoms with Crippen molar-refractivity contribution in [2.24, 2.45) is 0 Å². The second-order valence-corrected chi connectivity index (χ2v) is 8.72. The average Bonchev–Trinajstić information content (AvgIpc) is 2.61. The minimum Gasteiger partial charge on any atom is -0.359 e. The number of sulfonamides is 1. The molecule has 0 saturated heterocycles. The summed E-state index contributed by atoms with van der Waals surface area (Å²) in [5, 5.41) is 3.24. The van der Waals surface area contributed by atoms with Crippen LogP contribution in [-0.2, 0) is 10.0 Å². The quantitative estimate of drug-likeness (QED) is 0.438. The summed E-state index contributed by atoms with van der Waals surface area (Å²) >= 11 is 5.03. The summed E-state index contributed by atoms with van der Waals surface area (Å²) in [7, 11) is -3.72. The monoisotopic (exact) mass is 420 g/mol. The van der Waals surface area contributed by atoms with Crippen molar-refractivity contribution in [3.63, 3.8) is 0 Å². The Labute approximate surface area is 170 Å². The van der Waals surface area contributed by atoms with Crippen LogP contribution in [0.25, 0.3) is 0 Å². The Bertz CT molecular complexity index is 971. The van der Waals surface area contributed by atoms with Gasteiger partial charge in [-0.05, 0) is 81.4 Å². The molecule has 0 bridgehead atoms. The molecule has 0 heterocycles. The second-order valence-electron chi connectivity index (χ2n) is 6.66. The van der Waals surface area contributed by atoms with Crippen LogP contribution < -0.4 is 20.9 Å². The molecule has 150 valence electrons. The first kappa shape index (κ1) is 21.6. The Morgan fingerprint density at radius 1 is 1.00 bits per heavy atom. The van der Waals surface area contributed by atoms with Crippen molar-refractivity contribution in [3.8, 4) is 0 Å². The zero-order chi connectivity index (χ0) is 20.9. The Kier molecular flexibility index (Phi) is 6.98.